The fraction of sp³-hybridized carbons (Fsp3) is 0.115. The standard InChI is InChI=1S/C26H20IN3O3/c1-3-14-33-24-21(27)15-18(16-23(24)32-4-2)17-28-30-25(19-10-6-5-7-11-19)29-22-13-9-8-12-20(22)26(30)31/h1,5-13,15-17H,4,14H2,2H3. The van der Waals surface area contributed by atoms with E-state index in [1.165, 1.54) is 4.68 Å². The molecule has 33 heavy (non-hydrogen) atoms. The molecule has 0 amide bonds. The molecular formula is C26H20IN3O3. The lowest BCUT2D eigenvalue weighted by Crippen LogP contribution is -2.20. The van der Waals surface area contributed by atoms with Crippen LogP contribution in [0.2, 0.25) is 0 Å². The maximum atomic E-state index is 13.3. The SMILES string of the molecule is C#CCOc1c(I)cc(C=Nn2c(-c3ccccc3)nc3ccccc3c2=O)cc1OCC. The van der Waals surface area contributed by atoms with Gasteiger partial charge >= 0.3 is 0 Å². The molecule has 1 heterocycles. The van der Waals surface area contributed by atoms with Crippen LogP contribution in [-0.4, -0.2) is 29.1 Å². The zero-order chi connectivity index (χ0) is 23.2. The average molecular weight is 549 g/mol. The number of hydrogen-bond acceptors (Lipinski definition) is 5. The van der Waals surface area contributed by atoms with Gasteiger partial charge in [-0.2, -0.15) is 9.78 Å². The van der Waals surface area contributed by atoms with Gasteiger partial charge < -0.3 is 9.47 Å². The van der Waals surface area contributed by atoms with Crippen LogP contribution in [0, 0.1) is 15.9 Å². The van der Waals surface area contributed by atoms with Crippen LogP contribution in [0.15, 0.2) is 76.6 Å². The van der Waals surface area contributed by atoms with Crippen LogP contribution in [0.3, 0.4) is 0 Å². The number of para-hydroxylation sites is 1. The number of hydrogen-bond donors (Lipinski definition) is 0. The van der Waals surface area contributed by atoms with E-state index in [0.717, 1.165) is 14.7 Å². The van der Waals surface area contributed by atoms with Gasteiger partial charge in [-0.3, -0.25) is 4.79 Å². The van der Waals surface area contributed by atoms with Crippen molar-refractivity contribution in [1.29, 1.82) is 0 Å². The quantitative estimate of drug-likeness (QED) is 0.186. The topological polar surface area (TPSA) is 65.7 Å². The van der Waals surface area contributed by atoms with Gasteiger partial charge in [-0.15, -0.1) is 6.42 Å². The molecule has 0 aliphatic carbocycles. The summed E-state index contributed by atoms with van der Waals surface area (Å²) in [5, 5.41) is 5.02. The Hall–Kier alpha value is -3.64. The van der Waals surface area contributed by atoms with Crippen molar-refractivity contribution in [3.63, 3.8) is 0 Å². The molecule has 6 nitrogen and oxygen atoms in total. The van der Waals surface area contributed by atoms with Crippen molar-refractivity contribution in [1.82, 2.24) is 9.66 Å². The van der Waals surface area contributed by atoms with Crippen molar-refractivity contribution in [2.75, 3.05) is 13.2 Å². The summed E-state index contributed by atoms with van der Waals surface area (Å²) in [6.45, 7) is 2.50. The molecule has 7 heteroatoms. The smallest absolute Gasteiger partial charge is 0.282 e. The lowest BCUT2D eigenvalue weighted by Gasteiger charge is -2.13. The number of ether oxygens (including phenoxy) is 2. The second-order valence-electron chi connectivity index (χ2n) is 6.94. The molecule has 0 fully saturated rings. The molecule has 1 aromatic heterocycles. The number of terminal acetylenes is 1. The third-order valence-corrected chi connectivity index (χ3v) is 5.54. The summed E-state index contributed by atoms with van der Waals surface area (Å²) in [4.78, 5) is 18.0. The highest BCUT2D eigenvalue weighted by Crippen LogP contribution is 2.34. The minimum absolute atomic E-state index is 0.141. The third kappa shape index (κ3) is 4.91. The zero-order valence-electron chi connectivity index (χ0n) is 17.9. The summed E-state index contributed by atoms with van der Waals surface area (Å²) < 4.78 is 13.5. The molecule has 0 aliphatic rings. The van der Waals surface area contributed by atoms with Crippen molar-refractivity contribution >= 4 is 39.7 Å². The highest BCUT2D eigenvalue weighted by Gasteiger charge is 2.14. The van der Waals surface area contributed by atoms with Crippen molar-refractivity contribution in [2.45, 2.75) is 6.92 Å². The Balaban J connectivity index is 1.84. The molecule has 0 saturated carbocycles. The first-order valence-corrected chi connectivity index (χ1v) is 11.3. The predicted octanol–water partition coefficient (Wildman–Crippen LogP) is 4.96. The monoisotopic (exact) mass is 549 g/mol. The first-order valence-electron chi connectivity index (χ1n) is 10.3. The molecule has 0 N–H and O–H groups in total. The molecule has 0 aliphatic heterocycles. The zero-order valence-corrected chi connectivity index (χ0v) is 20.0. The van der Waals surface area contributed by atoms with Crippen LogP contribution in [0.25, 0.3) is 22.3 Å². The molecule has 3 aromatic carbocycles. The second kappa shape index (κ2) is 10.3. The number of rotatable bonds is 7. The number of aromatic nitrogens is 2. The largest absolute Gasteiger partial charge is 0.490 e. The van der Waals surface area contributed by atoms with Crippen LogP contribution >= 0.6 is 22.6 Å². The summed E-state index contributed by atoms with van der Waals surface area (Å²) in [7, 11) is 0. The Morgan fingerprint density at radius 2 is 1.88 bits per heavy atom. The van der Waals surface area contributed by atoms with Gasteiger partial charge in [0.15, 0.2) is 17.3 Å². The van der Waals surface area contributed by atoms with Gasteiger partial charge in [0.1, 0.15) is 6.61 Å². The normalized spacial score (nSPS) is 10.9. The van der Waals surface area contributed by atoms with E-state index in [2.05, 4.69) is 33.6 Å². The molecular weight excluding hydrogens is 529 g/mol. The van der Waals surface area contributed by atoms with Crippen molar-refractivity contribution in [3.05, 3.63) is 86.2 Å². The van der Waals surface area contributed by atoms with E-state index in [-0.39, 0.29) is 12.2 Å². The molecule has 0 unspecified atom stereocenters. The Morgan fingerprint density at radius 1 is 1.12 bits per heavy atom. The molecule has 4 aromatic rings. The number of nitrogens with zero attached hydrogens (tertiary/aromatic N) is 3. The van der Waals surface area contributed by atoms with Crippen LogP contribution in [0.1, 0.15) is 12.5 Å². The van der Waals surface area contributed by atoms with Crippen molar-refractivity contribution in [3.8, 4) is 35.2 Å². The van der Waals surface area contributed by atoms with E-state index in [4.69, 9.17) is 20.9 Å². The highest BCUT2D eigenvalue weighted by atomic mass is 127. The van der Waals surface area contributed by atoms with Gasteiger partial charge in [-0.05, 0) is 59.3 Å². The fourth-order valence-electron chi connectivity index (χ4n) is 3.31. The van der Waals surface area contributed by atoms with Crippen LogP contribution in [0.5, 0.6) is 11.5 Å². The van der Waals surface area contributed by atoms with Crippen molar-refractivity contribution in [2.24, 2.45) is 5.10 Å². The minimum atomic E-state index is -0.246. The van der Waals surface area contributed by atoms with E-state index >= 15 is 0 Å². The summed E-state index contributed by atoms with van der Waals surface area (Å²) in [6, 6.07) is 20.5. The van der Waals surface area contributed by atoms with Crippen molar-refractivity contribution < 1.29 is 9.47 Å². The van der Waals surface area contributed by atoms with Gasteiger partial charge in [-0.25, -0.2) is 4.98 Å². The Labute approximate surface area is 205 Å². The molecule has 0 atom stereocenters. The molecule has 164 valence electrons. The van der Waals surface area contributed by atoms with Crippen LogP contribution < -0.4 is 15.0 Å². The Kier molecular flexibility index (Phi) is 7.05. The maximum Gasteiger partial charge on any atom is 0.282 e. The first kappa shape index (κ1) is 22.6. The summed E-state index contributed by atoms with van der Waals surface area (Å²) in [5.41, 5.74) is 1.91. The summed E-state index contributed by atoms with van der Waals surface area (Å²) in [5.74, 6) is 4.07. The van der Waals surface area contributed by atoms with Gasteiger partial charge in [0.25, 0.3) is 5.56 Å². The van der Waals surface area contributed by atoms with E-state index < -0.39 is 0 Å². The molecule has 0 bridgehead atoms. The first-order chi connectivity index (χ1) is 16.1. The summed E-state index contributed by atoms with van der Waals surface area (Å²) in [6.07, 6.45) is 6.94. The van der Waals surface area contributed by atoms with Crippen LogP contribution in [0.4, 0.5) is 0 Å². The second-order valence-corrected chi connectivity index (χ2v) is 8.10. The Bertz CT molecular complexity index is 1420. The van der Waals surface area contributed by atoms with Gasteiger partial charge in [0, 0.05) is 5.56 Å². The lowest BCUT2D eigenvalue weighted by atomic mass is 10.2. The number of benzene rings is 3. The maximum absolute atomic E-state index is 13.3. The van der Waals surface area contributed by atoms with Gasteiger partial charge in [0.05, 0.1) is 27.3 Å². The van der Waals surface area contributed by atoms with Gasteiger partial charge in [-0.1, -0.05) is 48.4 Å². The predicted molar refractivity (Wildman–Crippen MR) is 139 cm³/mol. The lowest BCUT2D eigenvalue weighted by molar-refractivity contribution is 0.298. The van der Waals surface area contributed by atoms with Crippen LogP contribution in [-0.2, 0) is 0 Å². The number of halogens is 1. The Morgan fingerprint density at radius 3 is 2.64 bits per heavy atom. The third-order valence-electron chi connectivity index (χ3n) is 4.74. The summed E-state index contributed by atoms with van der Waals surface area (Å²) >= 11 is 2.16. The van der Waals surface area contributed by atoms with E-state index in [1.807, 2.05) is 67.6 Å². The van der Waals surface area contributed by atoms with E-state index in [1.54, 1.807) is 12.3 Å². The number of fused-ring (bicyclic) bond motifs is 1. The molecule has 0 spiro atoms. The molecule has 0 saturated heterocycles. The van der Waals surface area contributed by atoms with E-state index in [0.29, 0.717) is 34.8 Å². The molecule has 4 rings (SSSR count). The highest BCUT2D eigenvalue weighted by molar-refractivity contribution is 14.1. The van der Waals surface area contributed by atoms with E-state index in [9.17, 15) is 4.79 Å². The average Bonchev–Trinajstić information content (AvgIpc) is 2.83. The molecule has 0 radical (unpaired) electrons. The fourth-order valence-corrected chi connectivity index (χ4v) is 4.09. The minimum Gasteiger partial charge on any atom is -0.490 e. The van der Waals surface area contributed by atoms with Gasteiger partial charge in [0.2, 0.25) is 0 Å².